The predicted octanol–water partition coefficient (Wildman–Crippen LogP) is 3.03. The van der Waals surface area contributed by atoms with Gasteiger partial charge in [-0.2, -0.15) is 0 Å². The number of aromatic nitrogens is 1. The van der Waals surface area contributed by atoms with Crippen LogP contribution in [0.1, 0.15) is 0 Å². The van der Waals surface area contributed by atoms with Crippen LogP contribution in [-0.2, 0) is 4.79 Å². The summed E-state index contributed by atoms with van der Waals surface area (Å²) in [6.45, 7) is 3.88. The molecule has 0 bridgehead atoms. The smallest absolute Gasteiger partial charge is 0.225 e. The van der Waals surface area contributed by atoms with Gasteiger partial charge in [0, 0.05) is 54.8 Å². The lowest BCUT2D eigenvalue weighted by molar-refractivity contribution is -0.122. The van der Waals surface area contributed by atoms with E-state index in [9.17, 15) is 4.79 Å². The van der Waals surface area contributed by atoms with Crippen molar-refractivity contribution in [1.29, 1.82) is 0 Å². The van der Waals surface area contributed by atoms with E-state index >= 15 is 0 Å². The lowest BCUT2D eigenvalue weighted by Crippen LogP contribution is -2.28. The number of nitrogens with one attached hydrogen (secondary N) is 1. The fourth-order valence-corrected chi connectivity index (χ4v) is 4.73. The first kappa shape index (κ1) is 21.5. The maximum absolute atomic E-state index is 12.2. The van der Waals surface area contributed by atoms with Gasteiger partial charge in [0.15, 0.2) is 0 Å². The normalized spacial score (nSPS) is 19.8. The van der Waals surface area contributed by atoms with E-state index in [0.29, 0.717) is 12.5 Å². The van der Waals surface area contributed by atoms with E-state index in [4.69, 9.17) is 14.5 Å². The Labute approximate surface area is 194 Å². The third-order valence-corrected chi connectivity index (χ3v) is 6.61. The second-order valence-corrected chi connectivity index (χ2v) is 9.10. The Bertz CT molecular complexity index is 1160. The van der Waals surface area contributed by atoms with Gasteiger partial charge in [0.05, 0.1) is 24.2 Å². The Kier molecular flexibility index (Phi) is 5.81. The molecule has 2 aliphatic rings. The zero-order valence-corrected chi connectivity index (χ0v) is 19.4. The molecule has 2 aliphatic heterocycles. The van der Waals surface area contributed by atoms with Crippen molar-refractivity contribution in [2.24, 2.45) is 11.8 Å². The van der Waals surface area contributed by atoms with Crippen molar-refractivity contribution in [1.82, 2.24) is 15.2 Å². The van der Waals surface area contributed by atoms with E-state index in [0.717, 1.165) is 65.5 Å². The van der Waals surface area contributed by atoms with Crippen LogP contribution in [0.2, 0.25) is 0 Å². The third kappa shape index (κ3) is 4.33. The molecule has 7 heteroatoms. The van der Waals surface area contributed by atoms with Crippen molar-refractivity contribution < 1.29 is 14.3 Å². The summed E-state index contributed by atoms with van der Waals surface area (Å²) in [5, 5.41) is 4.07. The third-order valence-electron chi connectivity index (χ3n) is 6.61. The highest BCUT2D eigenvalue weighted by atomic mass is 16.5. The molecule has 2 aromatic carbocycles. The van der Waals surface area contributed by atoms with E-state index in [-0.39, 0.29) is 11.8 Å². The number of benzene rings is 2. The zero-order chi connectivity index (χ0) is 22.9. The average Bonchev–Trinajstić information content (AvgIpc) is 3.40. The molecular weight excluding hydrogens is 416 g/mol. The summed E-state index contributed by atoms with van der Waals surface area (Å²) < 4.78 is 11.3. The van der Waals surface area contributed by atoms with Crippen LogP contribution < -0.4 is 19.7 Å². The maximum Gasteiger partial charge on any atom is 0.225 e. The molecule has 0 radical (unpaired) electrons. The van der Waals surface area contributed by atoms with Gasteiger partial charge in [-0.25, -0.2) is 4.98 Å². The van der Waals surface area contributed by atoms with Gasteiger partial charge in [0.2, 0.25) is 5.91 Å². The molecule has 3 aromatic rings. The molecule has 172 valence electrons. The topological polar surface area (TPSA) is 66.9 Å². The molecule has 2 saturated heterocycles. The van der Waals surface area contributed by atoms with Gasteiger partial charge in [-0.1, -0.05) is 0 Å². The van der Waals surface area contributed by atoms with Crippen molar-refractivity contribution in [2.45, 2.75) is 0 Å². The number of anilines is 1. The molecule has 5 rings (SSSR count). The molecule has 1 aromatic heterocycles. The summed E-state index contributed by atoms with van der Waals surface area (Å²) in [6, 6.07) is 16.2. The first-order valence-electron chi connectivity index (χ1n) is 11.4. The summed E-state index contributed by atoms with van der Waals surface area (Å²) in [4.78, 5) is 21.6. The fourth-order valence-electron chi connectivity index (χ4n) is 4.73. The van der Waals surface area contributed by atoms with Crippen LogP contribution in [0.3, 0.4) is 0 Å². The summed E-state index contributed by atoms with van der Waals surface area (Å²) in [5.74, 6) is 2.23. The van der Waals surface area contributed by atoms with E-state index in [2.05, 4.69) is 39.4 Å². The Balaban J connectivity index is 1.48. The van der Waals surface area contributed by atoms with E-state index in [1.54, 1.807) is 7.11 Å². The van der Waals surface area contributed by atoms with Crippen molar-refractivity contribution in [3.05, 3.63) is 48.5 Å². The first-order valence-corrected chi connectivity index (χ1v) is 11.4. The van der Waals surface area contributed by atoms with Crippen molar-refractivity contribution >= 4 is 22.5 Å². The number of rotatable bonds is 7. The summed E-state index contributed by atoms with van der Waals surface area (Å²) in [7, 11) is 5.73. The Hall–Kier alpha value is -3.32. The summed E-state index contributed by atoms with van der Waals surface area (Å²) in [5.41, 5.74) is 3.92. The highest BCUT2D eigenvalue weighted by Gasteiger charge is 2.42. The molecule has 33 heavy (non-hydrogen) atoms. The number of nitrogens with zero attached hydrogens (tertiary/aromatic N) is 3. The highest BCUT2D eigenvalue weighted by molar-refractivity contribution is 5.96. The number of hydrogen-bond acceptors (Lipinski definition) is 6. The minimum absolute atomic E-state index is 0.0634. The van der Waals surface area contributed by atoms with Gasteiger partial charge < -0.3 is 24.6 Å². The van der Waals surface area contributed by atoms with E-state index in [1.807, 2.05) is 38.4 Å². The number of ether oxygens (including phenoxy) is 2. The Morgan fingerprint density at radius 2 is 1.88 bits per heavy atom. The van der Waals surface area contributed by atoms with Gasteiger partial charge in [-0.3, -0.25) is 4.79 Å². The van der Waals surface area contributed by atoms with E-state index in [1.165, 1.54) is 0 Å². The van der Waals surface area contributed by atoms with Crippen LogP contribution in [0.5, 0.6) is 11.5 Å². The SMILES string of the molecule is COc1ccc2c(N3C[C@@H]4CNC(=O)[C@@H]4C3)cc(-c3ccc(OCCN(C)C)cc3)nc2c1. The second-order valence-electron chi connectivity index (χ2n) is 9.10. The number of hydrogen-bond donors (Lipinski definition) is 1. The molecule has 1 N–H and O–H groups in total. The number of pyridine rings is 1. The van der Waals surface area contributed by atoms with Crippen LogP contribution in [0.4, 0.5) is 5.69 Å². The predicted molar refractivity (Wildman–Crippen MR) is 130 cm³/mol. The first-order chi connectivity index (χ1) is 16.0. The average molecular weight is 447 g/mol. The van der Waals surface area contributed by atoms with E-state index < -0.39 is 0 Å². The quantitative estimate of drug-likeness (QED) is 0.602. The van der Waals surface area contributed by atoms with Crippen LogP contribution >= 0.6 is 0 Å². The summed E-state index contributed by atoms with van der Waals surface area (Å²) in [6.07, 6.45) is 0. The number of carbonyl (C=O) groups excluding carboxylic acids is 1. The minimum Gasteiger partial charge on any atom is -0.497 e. The van der Waals surface area contributed by atoms with Crippen LogP contribution in [0, 0.1) is 11.8 Å². The van der Waals surface area contributed by atoms with Gasteiger partial charge in [0.1, 0.15) is 18.1 Å². The molecule has 2 atom stereocenters. The molecule has 0 saturated carbocycles. The molecule has 0 spiro atoms. The number of likely N-dealkylation sites (N-methyl/N-ethyl adjacent to an activating group) is 1. The molecule has 2 fully saturated rings. The number of amides is 1. The lowest BCUT2D eigenvalue weighted by atomic mass is 10.0. The van der Waals surface area contributed by atoms with Crippen molar-refractivity contribution in [2.75, 3.05) is 58.9 Å². The molecule has 0 aliphatic carbocycles. The van der Waals surface area contributed by atoms with Crippen molar-refractivity contribution in [3.63, 3.8) is 0 Å². The summed E-state index contributed by atoms with van der Waals surface area (Å²) >= 11 is 0. The number of carbonyl (C=O) groups is 1. The molecule has 1 amide bonds. The van der Waals surface area contributed by atoms with Gasteiger partial charge in [-0.05, 0) is 56.6 Å². The van der Waals surface area contributed by atoms with Gasteiger partial charge >= 0.3 is 0 Å². The molecule has 3 heterocycles. The number of methoxy groups -OCH3 is 1. The monoisotopic (exact) mass is 446 g/mol. The fraction of sp³-hybridized carbons (Fsp3) is 0.385. The highest BCUT2D eigenvalue weighted by Crippen LogP contribution is 2.38. The van der Waals surface area contributed by atoms with Gasteiger partial charge in [-0.15, -0.1) is 0 Å². The Morgan fingerprint density at radius 1 is 1.09 bits per heavy atom. The largest absolute Gasteiger partial charge is 0.497 e. The minimum atomic E-state index is 0.0634. The zero-order valence-electron chi connectivity index (χ0n) is 19.4. The number of fused-ring (bicyclic) bond motifs is 2. The van der Waals surface area contributed by atoms with Gasteiger partial charge in [0.25, 0.3) is 0 Å². The van der Waals surface area contributed by atoms with Crippen molar-refractivity contribution in [3.8, 4) is 22.8 Å². The van der Waals surface area contributed by atoms with Crippen LogP contribution in [0.25, 0.3) is 22.2 Å². The standard InChI is InChI=1S/C26H30N4O3/c1-29(2)10-11-33-19-6-4-17(5-7-19)23-13-25(21-9-8-20(32-3)12-24(21)28-23)30-15-18-14-27-26(31)22(18)16-30/h4-9,12-13,18,22H,10-11,14-16H2,1-3H3,(H,27,31)/t18-,22+/m0/s1. The molecule has 0 unspecified atom stereocenters. The molecular formula is C26H30N4O3. The lowest BCUT2D eigenvalue weighted by Gasteiger charge is -2.22. The maximum atomic E-state index is 12.2. The van der Waals surface area contributed by atoms with Crippen LogP contribution in [-0.4, -0.2) is 69.8 Å². The Morgan fingerprint density at radius 3 is 2.61 bits per heavy atom. The van der Waals surface area contributed by atoms with Crippen LogP contribution in [0.15, 0.2) is 48.5 Å². The second kappa shape index (κ2) is 8.90. The molecule has 7 nitrogen and oxygen atoms in total.